The Morgan fingerprint density at radius 1 is 0.773 bits per heavy atom. The van der Waals surface area contributed by atoms with Gasteiger partial charge in [-0.2, -0.15) is 0 Å². The van der Waals surface area contributed by atoms with Crippen molar-refractivity contribution in [2.45, 2.75) is 110 Å². The third kappa shape index (κ3) is 11.3. The van der Waals surface area contributed by atoms with E-state index in [9.17, 15) is 0 Å². The molecule has 0 aromatic rings. The first kappa shape index (κ1) is 21.7. The molecule has 22 heavy (non-hydrogen) atoms. The molecule has 0 unspecified atom stereocenters. The molecule has 0 spiro atoms. The summed E-state index contributed by atoms with van der Waals surface area (Å²) < 4.78 is 6.18. The molecule has 0 aromatic heterocycles. The first-order chi connectivity index (χ1) is 10.3. The topological polar surface area (TPSA) is 9.23 Å². The molecule has 0 fully saturated rings. The van der Waals surface area contributed by atoms with Crippen LogP contribution in [0.3, 0.4) is 0 Å². The summed E-state index contributed by atoms with van der Waals surface area (Å²) in [6.45, 7) is 14.7. The van der Waals surface area contributed by atoms with Crippen molar-refractivity contribution in [2.75, 3.05) is 6.61 Å². The lowest BCUT2D eigenvalue weighted by Crippen LogP contribution is -2.40. The van der Waals surface area contributed by atoms with Crippen molar-refractivity contribution in [3.05, 3.63) is 0 Å². The van der Waals surface area contributed by atoms with Crippen LogP contribution >= 0.6 is 0 Å². The third-order valence-corrected chi connectivity index (χ3v) is 9.28. The molecule has 0 saturated heterocycles. The largest absolute Gasteiger partial charge is 0.417 e. The molecule has 1 nitrogen and oxygen atoms in total. The quantitative estimate of drug-likeness (QED) is 0.227. The minimum absolute atomic E-state index is 0.323. The maximum atomic E-state index is 6.18. The van der Waals surface area contributed by atoms with E-state index in [1.807, 2.05) is 0 Å². The molecule has 0 aliphatic heterocycles. The summed E-state index contributed by atoms with van der Waals surface area (Å²) in [5.74, 6) is 6.65. The number of unbranched alkanes of at least 4 members (excludes halogenated alkanes) is 8. The summed E-state index contributed by atoms with van der Waals surface area (Å²) in [5, 5.41) is 0.323. The lowest BCUT2D eigenvalue weighted by atomic mass is 10.1. The molecule has 0 aliphatic carbocycles. The van der Waals surface area contributed by atoms with Gasteiger partial charge in [0, 0.05) is 19.4 Å². The summed E-state index contributed by atoms with van der Waals surface area (Å²) in [6.07, 6.45) is 12.6. The first-order valence-electron chi connectivity index (χ1n) is 9.41. The second-order valence-corrected chi connectivity index (χ2v) is 12.7. The maximum absolute atomic E-state index is 6.18. The van der Waals surface area contributed by atoms with Crippen molar-refractivity contribution in [3.63, 3.8) is 0 Å². The van der Waals surface area contributed by atoms with Crippen molar-refractivity contribution >= 4 is 8.32 Å². The zero-order valence-electron chi connectivity index (χ0n) is 16.2. The Balaban J connectivity index is 3.46. The average molecular weight is 325 g/mol. The van der Waals surface area contributed by atoms with E-state index < -0.39 is 8.32 Å². The third-order valence-electron chi connectivity index (χ3n) is 4.75. The Labute approximate surface area is 141 Å². The highest BCUT2D eigenvalue weighted by atomic mass is 28.4. The van der Waals surface area contributed by atoms with Gasteiger partial charge in [-0.3, -0.25) is 0 Å². The summed E-state index contributed by atoms with van der Waals surface area (Å²) in [6, 6.07) is 0. The molecule has 0 aromatic carbocycles. The highest BCUT2D eigenvalue weighted by molar-refractivity contribution is 6.74. The Kier molecular flexibility index (Phi) is 12.0. The minimum atomic E-state index is -1.54. The highest BCUT2D eigenvalue weighted by Crippen LogP contribution is 2.36. The lowest BCUT2D eigenvalue weighted by molar-refractivity contribution is 0.280. The standard InChI is InChI=1S/C20H40OSi/c1-7-8-9-10-11-12-13-14-15-16-17-18-19-21-22(5,6)20(2,3)4/h7-13,16-19H2,1-6H3. The van der Waals surface area contributed by atoms with Gasteiger partial charge in [0.25, 0.3) is 0 Å². The van der Waals surface area contributed by atoms with E-state index in [0.717, 1.165) is 25.9 Å². The fourth-order valence-electron chi connectivity index (χ4n) is 2.03. The predicted molar refractivity (Wildman–Crippen MR) is 103 cm³/mol. The first-order valence-corrected chi connectivity index (χ1v) is 12.3. The van der Waals surface area contributed by atoms with Gasteiger partial charge in [-0.15, -0.1) is 11.8 Å². The molecule has 0 N–H and O–H groups in total. The van der Waals surface area contributed by atoms with Crippen molar-refractivity contribution < 1.29 is 4.43 Å². The average Bonchev–Trinajstić information content (AvgIpc) is 2.42. The molecule has 0 atom stereocenters. The molecule has 0 radical (unpaired) electrons. The second-order valence-electron chi connectivity index (χ2n) is 7.94. The zero-order chi connectivity index (χ0) is 16.9. The van der Waals surface area contributed by atoms with Crippen LogP contribution in [0, 0.1) is 11.8 Å². The van der Waals surface area contributed by atoms with Crippen molar-refractivity contribution in [2.24, 2.45) is 0 Å². The number of hydrogen-bond acceptors (Lipinski definition) is 1. The summed E-state index contributed by atoms with van der Waals surface area (Å²) in [4.78, 5) is 0. The van der Waals surface area contributed by atoms with Crippen molar-refractivity contribution in [1.29, 1.82) is 0 Å². The van der Waals surface area contributed by atoms with E-state index in [2.05, 4.69) is 52.6 Å². The van der Waals surface area contributed by atoms with Gasteiger partial charge in [0.05, 0.1) is 0 Å². The van der Waals surface area contributed by atoms with Crippen molar-refractivity contribution in [1.82, 2.24) is 0 Å². The molecule has 2 heteroatoms. The summed E-state index contributed by atoms with van der Waals surface area (Å²) >= 11 is 0. The van der Waals surface area contributed by atoms with Crippen LogP contribution in [-0.2, 0) is 4.43 Å². The van der Waals surface area contributed by atoms with E-state index in [4.69, 9.17) is 4.43 Å². The fourth-order valence-corrected chi connectivity index (χ4v) is 3.12. The molecule has 0 amide bonds. The van der Waals surface area contributed by atoms with Gasteiger partial charge in [0.2, 0.25) is 0 Å². The van der Waals surface area contributed by atoms with Gasteiger partial charge in [-0.25, -0.2) is 0 Å². The molecule has 0 saturated carbocycles. The van der Waals surface area contributed by atoms with Gasteiger partial charge in [-0.1, -0.05) is 59.8 Å². The maximum Gasteiger partial charge on any atom is 0.191 e. The normalized spacial score (nSPS) is 12.1. The van der Waals surface area contributed by atoms with Gasteiger partial charge in [0.15, 0.2) is 8.32 Å². The molecule has 0 heterocycles. The van der Waals surface area contributed by atoms with Gasteiger partial charge >= 0.3 is 0 Å². The fraction of sp³-hybridized carbons (Fsp3) is 0.900. The van der Waals surface area contributed by atoms with E-state index >= 15 is 0 Å². The van der Waals surface area contributed by atoms with Gasteiger partial charge < -0.3 is 4.43 Å². The van der Waals surface area contributed by atoms with Crippen LogP contribution in [0.5, 0.6) is 0 Å². The SMILES string of the molecule is CCCCCCCCC#CCCCCO[Si](C)(C)C(C)(C)C. The smallest absolute Gasteiger partial charge is 0.191 e. The molecule has 0 rings (SSSR count). The Hall–Kier alpha value is -0.263. The Bertz CT molecular complexity index is 317. The Morgan fingerprint density at radius 3 is 1.82 bits per heavy atom. The van der Waals surface area contributed by atoms with E-state index in [0.29, 0.717) is 5.04 Å². The van der Waals surface area contributed by atoms with Crippen LogP contribution < -0.4 is 0 Å². The highest BCUT2D eigenvalue weighted by Gasteiger charge is 2.36. The van der Waals surface area contributed by atoms with Crippen LogP contribution in [0.2, 0.25) is 18.1 Å². The monoisotopic (exact) mass is 324 g/mol. The van der Waals surface area contributed by atoms with Crippen LogP contribution in [0.25, 0.3) is 0 Å². The molecule has 130 valence electrons. The van der Waals surface area contributed by atoms with Gasteiger partial charge in [0.1, 0.15) is 0 Å². The van der Waals surface area contributed by atoms with E-state index in [1.54, 1.807) is 0 Å². The predicted octanol–water partition coefficient (Wildman–Crippen LogP) is 6.93. The number of hydrogen-bond donors (Lipinski definition) is 0. The summed E-state index contributed by atoms with van der Waals surface area (Å²) in [7, 11) is -1.54. The van der Waals surface area contributed by atoms with Crippen LogP contribution in [0.15, 0.2) is 0 Å². The molecular formula is C20H40OSi. The minimum Gasteiger partial charge on any atom is -0.417 e. The zero-order valence-corrected chi connectivity index (χ0v) is 17.2. The van der Waals surface area contributed by atoms with E-state index in [-0.39, 0.29) is 0 Å². The van der Waals surface area contributed by atoms with Crippen LogP contribution in [-0.4, -0.2) is 14.9 Å². The molecule has 0 aliphatic rings. The second kappa shape index (κ2) is 12.2. The van der Waals surface area contributed by atoms with Crippen LogP contribution in [0.1, 0.15) is 91.9 Å². The number of rotatable bonds is 11. The van der Waals surface area contributed by atoms with Gasteiger partial charge in [-0.05, 0) is 37.4 Å². The van der Waals surface area contributed by atoms with Crippen LogP contribution in [0.4, 0.5) is 0 Å². The Morgan fingerprint density at radius 2 is 1.27 bits per heavy atom. The lowest BCUT2D eigenvalue weighted by Gasteiger charge is -2.36. The van der Waals surface area contributed by atoms with Crippen molar-refractivity contribution in [3.8, 4) is 11.8 Å². The van der Waals surface area contributed by atoms with E-state index in [1.165, 1.54) is 44.9 Å². The summed E-state index contributed by atoms with van der Waals surface area (Å²) in [5.41, 5.74) is 0. The molecule has 0 bridgehead atoms. The molecular weight excluding hydrogens is 284 g/mol.